The van der Waals surface area contributed by atoms with Crippen molar-refractivity contribution >= 4 is 6.09 Å². The van der Waals surface area contributed by atoms with Crippen molar-refractivity contribution < 1.29 is 23.4 Å². The van der Waals surface area contributed by atoms with Crippen molar-refractivity contribution in [1.82, 2.24) is 4.90 Å². The Balaban J connectivity index is 2.28. The summed E-state index contributed by atoms with van der Waals surface area (Å²) < 4.78 is 32.5. The predicted molar refractivity (Wildman–Crippen MR) is 72.7 cm³/mol. The van der Waals surface area contributed by atoms with Crippen molar-refractivity contribution in [2.75, 3.05) is 6.54 Å². The molecule has 1 fully saturated rings. The van der Waals surface area contributed by atoms with Crippen molar-refractivity contribution in [3.63, 3.8) is 0 Å². The van der Waals surface area contributed by atoms with Gasteiger partial charge < -0.3 is 9.84 Å². The van der Waals surface area contributed by atoms with E-state index in [1.54, 1.807) is 20.8 Å². The second-order valence-electron chi connectivity index (χ2n) is 6.20. The number of hydrogen-bond donors (Lipinski definition) is 1. The highest BCUT2D eigenvalue weighted by molar-refractivity contribution is 5.69. The maximum atomic E-state index is 13.9. The first-order chi connectivity index (χ1) is 9.67. The summed E-state index contributed by atoms with van der Waals surface area (Å²) in [4.78, 5) is 13.4. The Bertz CT molecular complexity index is 542. The van der Waals surface area contributed by atoms with Gasteiger partial charge in [-0.3, -0.25) is 4.90 Å². The van der Waals surface area contributed by atoms with Gasteiger partial charge in [0.05, 0.1) is 18.7 Å². The van der Waals surface area contributed by atoms with E-state index in [1.165, 1.54) is 4.90 Å². The third-order valence-corrected chi connectivity index (χ3v) is 3.22. The number of carbonyl (C=O) groups excluding carboxylic acids is 1. The first kappa shape index (κ1) is 15.7. The van der Waals surface area contributed by atoms with Gasteiger partial charge in [0.1, 0.15) is 17.2 Å². The highest BCUT2D eigenvalue weighted by Crippen LogP contribution is 2.35. The number of halogens is 2. The second-order valence-corrected chi connectivity index (χ2v) is 6.20. The van der Waals surface area contributed by atoms with Crippen molar-refractivity contribution in [2.24, 2.45) is 0 Å². The zero-order valence-corrected chi connectivity index (χ0v) is 12.3. The van der Waals surface area contributed by atoms with Gasteiger partial charge in [-0.05, 0) is 45.4 Å². The lowest BCUT2D eigenvalue weighted by Crippen LogP contribution is -2.37. The van der Waals surface area contributed by atoms with Crippen LogP contribution >= 0.6 is 0 Å². The van der Waals surface area contributed by atoms with Crippen molar-refractivity contribution in [2.45, 2.75) is 44.9 Å². The fraction of sp³-hybridized carbons (Fsp3) is 0.533. The maximum Gasteiger partial charge on any atom is 0.410 e. The van der Waals surface area contributed by atoms with E-state index in [9.17, 15) is 18.7 Å². The molecule has 2 rings (SSSR count). The summed E-state index contributed by atoms with van der Waals surface area (Å²) in [6, 6.07) is 2.35. The Morgan fingerprint density at radius 1 is 1.38 bits per heavy atom. The minimum Gasteiger partial charge on any atom is -0.444 e. The Hall–Kier alpha value is -1.69. The highest BCUT2D eigenvalue weighted by atomic mass is 19.1. The first-order valence-electron chi connectivity index (χ1n) is 6.80. The average molecular weight is 299 g/mol. The van der Waals surface area contributed by atoms with Crippen molar-refractivity contribution in [3.05, 3.63) is 35.4 Å². The van der Waals surface area contributed by atoms with Crippen LogP contribution in [0.4, 0.5) is 13.6 Å². The molecule has 1 N–H and O–H groups in total. The number of rotatable bonds is 1. The summed E-state index contributed by atoms with van der Waals surface area (Å²) >= 11 is 0. The SMILES string of the molecule is CC(C)(C)OC(=O)N1C[C@H](O)CC1c1cc(F)ccc1F. The molecule has 1 aliphatic heterocycles. The lowest BCUT2D eigenvalue weighted by Gasteiger charge is -2.28. The van der Waals surface area contributed by atoms with E-state index in [-0.39, 0.29) is 18.5 Å². The second kappa shape index (κ2) is 5.60. The van der Waals surface area contributed by atoms with Gasteiger partial charge in [0.2, 0.25) is 0 Å². The van der Waals surface area contributed by atoms with Crippen LogP contribution < -0.4 is 0 Å². The fourth-order valence-corrected chi connectivity index (χ4v) is 2.40. The molecule has 0 spiro atoms. The first-order valence-corrected chi connectivity index (χ1v) is 6.80. The molecule has 116 valence electrons. The van der Waals surface area contributed by atoms with E-state index in [4.69, 9.17) is 4.74 Å². The van der Waals surface area contributed by atoms with Crippen LogP contribution in [0.15, 0.2) is 18.2 Å². The Morgan fingerprint density at radius 2 is 2.05 bits per heavy atom. The van der Waals surface area contributed by atoms with Crippen LogP contribution in [-0.4, -0.2) is 34.3 Å². The van der Waals surface area contributed by atoms with Gasteiger partial charge in [0.25, 0.3) is 0 Å². The number of likely N-dealkylation sites (tertiary alicyclic amines) is 1. The number of nitrogens with zero attached hydrogens (tertiary/aromatic N) is 1. The van der Waals surface area contributed by atoms with Crippen LogP contribution in [0.25, 0.3) is 0 Å². The number of β-amino-alcohol motifs (C(OH)–C–C–N with tert-alkyl or cyclic N) is 1. The summed E-state index contributed by atoms with van der Waals surface area (Å²) in [5, 5.41) is 9.77. The summed E-state index contributed by atoms with van der Waals surface area (Å²) in [7, 11) is 0. The number of amides is 1. The Morgan fingerprint density at radius 3 is 2.67 bits per heavy atom. The average Bonchev–Trinajstić information content (AvgIpc) is 2.72. The van der Waals surface area contributed by atoms with Gasteiger partial charge in [-0.1, -0.05) is 0 Å². The third kappa shape index (κ3) is 3.69. The van der Waals surface area contributed by atoms with Gasteiger partial charge >= 0.3 is 6.09 Å². The molecule has 1 saturated heterocycles. The summed E-state index contributed by atoms with van der Waals surface area (Å²) in [6.07, 6.45) is -1.28. The zero-order chi connectivity index (χ0) is 15.8. The number of aliphatic hydroxyl groups excluding tert-OH is 1. The molecule has 1 aromatic carbocycles. The van der Waals surface area contributed by atoms with E-state index in [0.29, 0.717) is 0 Å². The topological polar surface area (TPSA) is 49.8 Å². The van der Waals surface area contributed by atoms with E-state index in [1.807, 2.05) is 0 Å². The Kier molecular flexibility index (Phi) is 4.18. The normalized spacial score (nSPS) is 22.5. The van der Waals surface area contributed by atoms with Gasteiger partial charge in [-0.15, -0.1) is 0 Å². The molecule has 21 heavy (non-hydrogen) atoms. The fourth-order valence-electron chi connectivity index (χ4n) is 2.40. The van der Waals surface area contributed by atoms with E-state index < -0.39 is 35.5 Å². The van der Waals surface area contributed by atoms with Gasteiger partial charge in [0, 0.05) is 5.56 Å². The monoisotopic (exact) mass is 299 g/mol. The summed E-state index contributed by atoms with van der Waals surface area (Å²) in [5.41, 5.74) is -0.646. The van der Waals surface area contributed by atoms with Crippen LogP contribution in [0.3, 0.4) is 0 Å². The minimum absolute atomic E-state index is 0.0372. The molecule has 6 heteroatoms. The molecule has 2 atom stereocenters. The molecule has 0 aliphatic carbocycles. The van der Waals surface area contributed by atoms with Crippen LogP contribution in [0.5, 0.6) is 0 Å². The smallest absolute Gasteiger partial charge is 0.410 e. The molecule has 1 unspecified atom stereocenters. The van der Waals surface area contributed by atoms with Crippen LogP contribution in [0.2, 0.25) is 0 Å². The number of ether oxygens (including phenoxy) is 1. The molecule has 0 aromatic heterocycles. The van der Waals surface area contributed by atoms with Gasteiger partial charge in [-0.25, -0.2) is 13.6 Å². The molecule has 0 saturated carbocycles. The maximum absolute atomic E-state index is 13.9. The van der Waals surface area contributed by atoms with E-state index in [2.05, 4.69) is 0 Å². The molecule has 1 amide bonds. The lowest BCUT2D eigenvalue weighted by molar-refractivity contribution is 0.0204. The lowest BCUT2D eigenvalue weighted by atomic mass is 10.0. The molecule has 1 heterocycles. The highest BCUT2D eigenvalue weighted by Gasteiger charge is 2.38. The van der Waals surface area contributed by atoms with Gasteiger partial charge in [0.15, 0.2) is 0 Å². The molecule has 4 nitrogen and oxygen atoms in total. The van der Waals surface area contributed by atoms with Crippen LogP contribution in [-0.2, 0) is 4.74 Å². The Labute approximate surface area is 122 Å². The summed E-state index contributed by atoms with van der Waals surface area (Å²) in [6.45, 7) is 5.19. The predicted octanol–water partition coefficient (Wildman–Crippen LogP) is 3.01. The minimum atomic E-state index is -0.787. The molecular weight excluding hydrogens is 280 g/mol. The standard InChI is InChI=1S/C15H19F2NO3/c1-15(2,3)21-14(20)18-8-10(19)7-13(18)11-6-9(16)4-5-12(11)17/h4-6,10,13,19H,7-8H2,1-3H3/t10-,13?/m1/s1. The molecule has 0 bridgehead atoms. The molecular formula is C15H19F2NO3. The van der Waals surface area contributed by atoms with E-state index in [0.717, 1.165) is 18.2 Å². The third-order valence-electron chi connectivity index (χ3n) is 3.22. The van der Waals surface area contributed by atoms with Gasteiger partial charge in [-0.2, -0.15) is 0 Å². The molecule has 0 radical (unpaired) electrons. The quantitative estimate of drug-likeness (QED) is 0.867. The molecule has 1 aliphatic rings. The number of aliphatic hydroxyl groups is 1. The number of carbonyl (C=O) groups is 1. The number of hydrogen-bond acceptors (Lipinski definition) is 3. The van der Waals surface area contributed by atoms with Crippen LogP contribution in [0.1, 0.15) is 38.8 Å². The molecule has 1 aromatic rings. The summed E-state index contributed by atoms with van der Waals surface area (Å²) in [5.74, 6) is -1.19. The van der Waals surface area contributed by atoms with Crippen molar-refractivity contribution in [1.29, 1.82) is 0 Å². The van der Waals surface area contributed by atoms with Crippen LogP contribution in [0, 0.1) is 11.6 Å². The van der Waals surface area contributed by atoms with E-state index >= 15 is 0 Å². The van der Waals surface area contributed by atoms with Crippen molar-refractivity contribution in [3.8, 4) is 0 Å². The number of benzene rings is 1. The zero-order valence-electron chi connectivity index (χ0n) is 12.3. The largest absolute Gasteiger partial charge is 0.444 e.